The topological polar surface area (TPSA) is 46.2 Å². The highest BCUT2D eigenvalue weighted by Gasteiger charge is 2.49. The van der Waals surface area contributed by atoms with Crippen molar-refractivity contribution < 1.29 is 23.1 Å². The molecule has 2 saturated carbocycles. The third-order valence-electron chi connectivity index (χ3n) is 14.0. The van der Waals surface area contributed by atoms with E-state index in [2.05, 4.69) is 87.7 Å². The van der Waals surface area contributed by atoms with Gasteiger partial charge < -0.3 is 23.1 Å². The molecule has 2 radical (unpaired) electrons. The number of rotatable bonds is 37. The van der Waals surface area contributed by atoms with E-state index in [9.17, 15) is 0 Å². The third kappa shape index (κ3) is 20.0. The average Bonchev–Trinajstić information content (AvgIpc) is 3.76. The Bertz CT molecular complexity index is 972. The lowest BCUT2D eigenvalue weighted by molar-refractivity contribution is -0.0490. The highest BCUT2D eigenvalue weighted by Crippen LogP contribution is 2.58. The van der Waals surface area contributed by atoms with Gasteiger partial charge in [0.1, 0.15) is 0 Å². The van der Waals surface area contributed by atoms with E-state index in [0.29, 0.717) is 34.1 Å². The van der Waals surface area contributed by atoms with Crippen molar-refractivity contribution in [1.29, 1.82) is 0 Å². The zero-order chi connectivity index (χ0) is 42.3. The summed E-state index contributed by atoms with van der Waals surface area (Å²) in [5.74, 6) is 6.63. The summed E-state index contributed by atoms with van der Waals surface area (Å²) >= 11 is 0. The number of ether oxygens (including phenoxy) is 3. The van der Waals surface area contributed by atoms with Gasteiger partial charge in [-0.25, -0.2) is 0 Å². The number of fused-ring (bicyclic) bond motifs is 2. The third-order valence-corrected chi connectivity index (χ3v) is 19.1. The minimum absolute atomic E-state index is 0.0672. The zero-order valence-corrected chi connectivity index (χ0v) is 43.6. The molecule has 5 nitrogen and oxygen atoms in total. The fraction of sp³-hybridized carbons (Fsp3) is 1.00. The van der Waals surface area contributed by atoms with Crippen LogP contribution in [0, 0.1) is 53.3 Å². The van der Waals surface area contributed by atoms with E-state index >= 15 is 0 Å². The van der Waals surface area contributed by atoms with Gasteiger partial charge in [-0.1, -0.05) is 119 Å². The molecular weight excluding hydrogens is 753 g/mol. The van der Waals surface area contributed by atoms with E-state index in [-0.39, 0.29) is 6.10 Å². The monoisotopic (exact) mass is 853 g/mol. The second-order valence-electron chi connectivity index (χ2n) is 21.0. The van der Waals surface area contributed by atoms with E-state index in [1.54, 1.807) is 0 Å². The Labute approximate surface area is 361 Å². The van der Waals surface area contributed by atoms with Crippen molar-refractivity contribution >= 4 is 26.2 Å². The van der Waals surface area contributed by atoms with E-state index in [1.165, 1.54) is 89.5 Å². The standard InChI is InChI=1S/C49H100O5Si3/c1-14-21-24-41(35-53-57(11,12)13)44(25-22-15-2)45(26-23-16-3)49(56(8,9)10)33-42-30-39-31-43(46(42)32-39)38-55-54-48(37-52-29-19-6)47(36-51-28-18-5)40(20-7)34-50-27-17-4/h39-49H,14-38H2,1-13H3. The fourth-order valence-corrected chi connectivity index (χ4v) is 15.6. The molecule has 2 bridgehead atoms. The molecule has 8 heteroatoms. The molecule has 2 rings (SSSR count). The van der Waals surface area contributed by atoms with Crippen LogP contribution in [0.1, 0.15) is 158 Å². The average molecular weight is 854 g/mol. The maximum absolute atomic E-state index is 7.03. The summed E-state index contributed by atoms with van der Waals surface area (Å²) in [5.41, 5.74) is 0.899. The van der Waals surface area contributed by atoms with Crippen molar-refractivity contribution in [3.63, 3.8) is 0 Å². The Morgan fingerprint density at radius 2 is 1.12 bits per heavy atom. The van der Waals surface area contributed by atoms with Crippen LogP contribution in [0.4, 0.5) is 0 Å². The van der Waals surface area contributed by atoms with Crippen LogP contribution in [0.2, 0.25) is 50.9 Å². The van der Waals surface area contributed by atoms with Crippen LogP contribution in [0.3, 0.4) is 0 Å². The molecule has 0 spiro atoms. The summed E-state index contributed by atoms with van der Waals surface area (Å²) < 4.78 is 32.6. The molecule has 11 unspecified atom stereocenters. The SMILES string of the molecule is CCCCC(CO[Si](C)(C)C)C(CCCC)C(CCCC)C(CC1CC2CC(C[Si]OC(COCCC)C(COCCC)C(CC)COCCC)C1C2)[Si](C)(C)C. The van der Waals surface area contributed by atoms with Gasteiger partial charge in [0.25, 0.3) is 0 Å². The molecule has 11 atom stereocenters. The largest absolute Gasteiger partial charge is 0.417 e. The number of unbranched alkanes of at least 4 members (excludes halogenated alkanes) is 3. The Hall–Kier alpha value is 0.451. The maximum atomic E-state index is 7.03. The maximum Gasteiger partial charge on any atom is 0.230 e. The minimum atomic E-state index is -1.58. The molecule has 338 valence electrons. The van der Waals surface area contributed by atoms with Crippen molar-refractivity contribution in [2.75, 3.05) is 46.2 Å². The molecule has 0 aromatic rings. The van der Waals surface area contributed by atoms with Crippen LogP contribution in [-0.2, 0) is 23.1 Å². The fourth-order valence-electron chi connectivity index (χ4n) is 11.0. The van der Waals surface area contributed by atoms with Crippen LogP contribution in [-0.4, -0.2) is 78.5 Å². The molecule has 57 heavy (non-hydrogen) atoms. The summed E-state index contributed by atoms with van der Waals surface area (Å²) in [6, 6.07) is 1.23. The molecule has 2 aliphatic rings. The highest BCUT2D eigenvalue weighted by atomic mass is 28.4. The summed E-state index contributed by atoms with van der Waals surface area (Å²) in [6.45, 7) is 37.2. The second-order valence-corrected chi connectivity index (χ2v) is 31.9. The van der Waals surface area contributed by atoms with Gasteiger partial charge >= 0.3 is 0 Å². The van der Waals surface area contributed by atoms with Gasteiger partial charge in [-0.15, -0.1) is 0 Å². The highest BCUT2D eigenvalue weighted by molar-refractivity contribution is 6.77. The van der Waals surface area contributed by atoms with Gasteiger partial charge in [-0.2, -0.15) is 0 Å². The van der Waals surface area contributed by atoms with E-state index < -0.39 is 16.4 Å². The molecule has 2 aliphatic carbocycles. The smallest absolute Gasteiger partial charge is 0.230 e. The molecular formula is C49H100O5Si3. The molecule has 0 heterocycles. The van der Waals surface area contributed by atoms with Crippen molar-refractivity contribution in [3.05, 3.63) is 0 Å². The zero-order valence-electron chi connectivity index (χ0n) is 40.6. The molecule has 0 aromatic heterocycles. The minimum Gasteiger partial charge on any atom is -0.417 e. The van der Waals surface area contributed by atoms with Gasteiger partial charge in [-0.05, 0) is 136 Å². The lowest BCUT2D eigenvalue weighted by Crippen LogP contribution is -2.42. The summed E-state index contributed by atoms with van der Waals surface area (Å²) in [6.07, 6.45) is 22.4. The van der Waals surface area contributed by atoms with Crippen LogP contribution in [0.15, 0.2) is 0 Å². The lowest BCUT2D eigenvalue weighted by Gasteiger charge is -2.46. The first-order valence-electron chi connectivity index (χ1n) is 25.0. The van der Waals surface area contributed by atoms with Crippen LogP contribution in [0.25, 0.3) is 0 Å². The van der Waals surface area contributed by atoms with E-state index in [4.69, 9.17) is 23.1 Å². The molecule has 2 fully saturated rings. The normalized spacial score (nSPS) is 23.7. The molecule has 0 aromatic carbocycles. The van der Waals surface area contributed by atoms with Crippen LogP contribution in [0.5, 0.6) is 0 Å². The van der Waals surface area contributed by atoms with Crippen molar-refractivity contribution in [2.45, 2.75) is 215 Å². The summed E-state index contributed by atoms with van der Waals surface area (Å²) in [5, 5.41) is 0. The molecule has 0 aliphatic heterocycles. The van der Waals surface area contributed by atoms with Crippen molar-refractivity contribution in [1.82, 2.24) is 0 Å². The van der Waals surface area contributed by atoms with E-state index in [0.717, 1.165) is 106 Å². The van der Waals surface area contributed by atoms with Crippen LogP contribution >= 0.6 is 0 Å². The van der Waals surface area contributed by atoms with Gasteiger partial charge in [0.15, 0.2) is 8.32 Å². The number of hydrogen-bond donors (Lipinski definition) is 0. The Kier molecular flexibility index (Phi) is 27.9. The first-order chi connectivity index (χ1) is 27.3. The predicted octanol–water partition coefficient (Wildman–Crippen LogP) is 14.4. The molecule has 0 amide bonds. The first-order valence-corrected chi connectivity index (χ1v) is 33.1. The Balaban J connectivity index is 2.31. The Morgan fingerprint density at radius 3 is 1.67 bits per heavy atom. The van der Waals surface area contributed by atoms with Gasteiger partial charge in [0, 0.05) is 47.0 Å². The van der Waals surface area contributed by atoms with Gasteiger partial charge in [0.05, 0.1) is 19.3 Å². The first kappa shape index (κ1) is 53.6. The molecule has 0 saturated heterocycles. The van der Waals surface area contributed by atoms with Crippen molar-refractivity contribution in [3.8, 4) is 0 Å². The summed E-state index contributed by atoms with van der Waals surface area (Å²) in [4.78, 5) is 0. The lowest BCUT2D eigenvalue weighted by atomic mass is 9.70. The molecule has 0 N–H and O–H groups in total. The van der Waals surface area contributed by atoms with Gasteiger partial charge in [0.2, 0.25) is 9.76 Å². The van der Waals surface area contributed by atoms with Crippen LogP contribution < -0.4 is 0 Å². The number of hydrogen-bond acceptors (Lipinski definition) is 5. The van der Waals surface area contributed by atoms with Crippen molar-refractivity contribution in [2.24, 2.45) is 53.3 Å². The Morgan fingerprint density at radius 1 is 0.561 bits per heavy atom. The van der Waals surface area contributed by atoms with Gasteiger partial charge in [-0.3, -0.25) is 0 Å². The quantitative estimate of drug-likeness (QED) is 0.0460. The van der Waals surface area contributed by atoms with E-state index in [1.807, 2.05) is 0 Å². The second kappa shape index (κ2) is 29.7. The summed E-state index contributed by atoms with van der Waals surface area (Å²) in [7, 11) is -2.50. The predicted molar refractivity (Wildman–Crippen MR) is 254 cm³/mol.